The smallest absolute Gasteiger partial charge is 0.0619 e. The van der Waals surface area contributed by atoms with Gasteiger partial charge in [0.05, 0.1) is 11.0 Å². The summed E-state index contributed by atoms with van der Waals surface area (Å²) in [4.78, 5) is 0. The van der Waals surface area contributed by atoms with Gasteiger partial charge in [-0.1, -0.05) is 115 Å². The largest absolute Gasteiger partial charge is 0.686 e. The van der Waals surface area contributed by atoms with E-state index in [0.29, 0.717) is 6.54 Å². The highest BCUT2D eigenvalue weighted by Gasteiger charge is 2.17. The molecule has 0 spiro atoms. The zero-order chi connectivity index (χ0) is 29.7. The van der Waals surface area contributed by atoms with Gasteiger partial charge in [0.1, 0.15) is 0 Å². The molecule has 0 fully saturated rings. The number of nitrogens with one attached hydrogen (secondary N) is 1. The van der Waals surface area contributed by atoms with Crippen LogP contribution in [0.4, 0.5) is 0 Å². The first-order chi connectivity index (χ1) is 22.3. The van der Waals surface area contributed by atoms with Crippen molar-refractivity contribution in [1.29, 1.82) is 0 Å². The lowest BCUT2D eigenvalue weighted by Gasteiger charge is -2.27. The first kappa shape index (κ1) is 25.7. The van der Waals surface area contributed by atoms with Crippen molar-refractivity contribution in [2.45, 2.75) is 0 Å². The molecule has 45 heavy (non-hydrogen) atoms. The average molecular weight is 577 g/mol. The van der Waals surface area contributed by atoms with E-state index in [9.17, 15) is 0 Å². The molecule has 0 unspecified atom stereocenters. The molecule has 3 heteroatoms. The summed E-state index contributed by atoms with van der Waals surface area (Å²) >= 11 is 0. The average Bonchev–Trinajstić information content (AvgIpc) is 3.46. The van der Waals surface area contributed by atoms with E-state index < -0.39 is 0 Å². The van der Waals surface area contributed by atoms with E-state index in [4.69, 9.17) is 5.32 Å². The van der Waals surface area contributed by atoms with E-state index in [2.05, 4.69) is 149 Å². The molecule has 3 heterocycles. The van der Waals surface area contributed by atoms with Gasteiger partial charge >= 0.3 is 0 Å². The Hall–Kier alpha value is -5.80. The maximum Gasteiger partial charge on any atom is 0.0619 e. The number of hydrogen-bond donors (Lipinski definition) is 1. The Morgan fingerprint density at radius 3 is 2.36 bits per heavy atom. The lowest BCUT2D eigenvalue weighted by Crippen LogP contribution is -2.10. The second-order valence-electron chi connectivity index (χ2n) is 11.8. The minimum Gasteiger partial charge on any atom is -0.686 e. The maximum atomic E-state index is 4.76. The van der Waals surface area contributed by atoms with Gasteiger partial charge in [0.2, 0.25) is 0 Å². The first-order valence-electron chi connectivity index (χ1n) is 15.5. The molecule has 1 N–H and O–H groups in total. The summed E-state index contributed by atoms with van der Waals surface area (Å²) in [5.74, 6) is 0. The van der Waals surface area contributed by atoms with Gasteiger partial charge in [0.25, 0.3) is 0 Å². The van der Waals surface area contributed by atoms with Crippen molar-refractivity contribution >= 4 is 48.9 Å². The minimum atomic E-state index is 0.676. The summed E-state index contributed by atoms with van der Waals surface area (Å²) in [6, 6.07) is 44.4. The van der Waals surface area contributed by atoms with E-state index in [1.165, 1.54) is 71.2 Å². The first-order valence-corrected chi connectivity index (χ1v) is 15.5. The molecule has 2 aliphatic rings. The van der Waals surface area contributed by atoms with Gasteiger partial charge in [0, 0.05) is 28.4 Å². The Balaban J connectivity index is 1.25. The molecule has 9 rings (SSSR count). The van der Waals surface area contributed by atoms with Gasteiger partial charge in [-0.15, -0.1) is 6.54 Å². The highest BCUT2D eigenvalue weighted by atomic mass is 15.0. The van der Waals surface area contributed by atoms with Gasteiger partial charge in [-0.3, -0.25) is 0 Å². The van der Waals surface area contributed by atoms with Crippen LogP contribution >= 0.6 is 0 Å². The van der Waals surface area contributed by atoms with Crippen LogP contribution in [0.3, 0.4) is 0 Å². The number of hydrogen-bond acceptors (Lipinski definition) is 1. The number of allylic oxidation sites excluding steroid dienone is 4. The van der Waals surface area contributed by atoms with Crippen molar-refractivity contribution in [3.8, 4) is 16.8 Å². The van der Waals surface area contributed by atoms with Gasteiger partial charge < -0.3 is 15.2 Å². The highest BCUT2D eigenvalue weighted by molar-refractivity contribution is 6.19. The van der Waals surface area contributed by atoms with Crippen molar-refractivity contribution in [2.75, 3.05) is 13.1 Å². The van der Waals surface area contributed by atoms with Crippen molar-refractivity contribution in [1.82, 2.24) is 9.88 Å². The molecular weight excluding hydrogens is 546 g/mol. The summed E-state index contributed by atoms with van der Waals surface area (Å²) in [5.41, 5.74) is 10.9. The van der Waals surface area contributed by atoms with Gasteiger partial charge in [-0.05, 0) is 80.5 Å². The number of rotatable bonds is 4. The Kier molecular flexibility index (Phi) is 5.95. The summed E-state index contributed by atoms with van der Waals surface area (Å²) < 4.78 is 2.45. The molecule has 0 bridgehead atoms. The van der Waals surface area contributed by atoms with Crippen LogP contribution in [0.15, 0.2) is 163 Å². The lowest BCUT2D eigenvalue weighted by molar-refractivity contribution is 0.961. The van der Waals surface area contributed by atoms with Crippen molar-refractivity contribution in [3.05, 3.63) is 174 Å². The van der Waals surface area contributed by atoms with Crippen molar-refractivity contribution in [2.24, 2.45) is 0 Å². The van der Waals surface area contributed by atoms with Crippen LogP contribution in [0, 0.1) is 0 Å². The molecule has 7 aromatic rings. The molecule has 6 aromatic carbocycles. The predicted molar refractivity (Wildman–Crippen MR) is 191 cm³/mol. The van der Waals surface area contributed by atoms with Crippen molar-refractivity contribution in [3.63, 3.8) is 0 Å². The fourth-order valence-electron chi connectivity index (χ4n) is 7.04. The fourth-order valence-corrected chi connectivity index (χ4v) is 7.04. The molecule has 0 aliphatic carbocycles. The molecule has 0 radical (unpaired) electrons. The van der Waals surface area contributed by atoms with Gasteiger partial charge in [-0.25, -0.2) is 0 Å². The van der Waals surface area contributed by atoms with Crippen LogP contribution in [-0.4, -0.2) is 17.7 Å². The Bertz CT molecular complexity index is 2410. The molecule has 0 amide bonds. The Morgan fingerprint density at radius 2 is 1.44 bits per heavy atom. The van der Waals surface area contributed by atoms with Gasteiger partial charge in [-0.2, -0.15) is 6.20 Å². The number of para-hydroxylation sites is 1. The summed E-state index contributed by atoms with van der Waals surface area (Å²) in [7, 11) is 0. The molecule has 0 saturated heterocycles. The summed E-state index contributed by atoms with van der Waals surface area (Å²) in [5, 5.41) is 15.5. The van der Waals surface area contributed by atoms with E-state index >= 15 is 0 Å². The van der Waals surface area contributed by atoms with E-state index in [0.717, 1.165) is 17.8 Å². The SMILES string of the molecule is C1=CC(C2=C[N-]CC(c3ccc4c5ccc6cc(-c7cccc8ccccc78)ccc6c5n(-c5ccccc5)c4c3)=C2)=CCN1. The van der Waals surface area contributed by atoms with Crippen LogP contribution in [0.5, 0.6) is 0 Å². The zero-order valence-corrected chi connectivity index (χ0v) is 24.7. The quantitative estimate of drug-likeness (QED) is 0.222. The third-order valence-electron chi connectivity index (χ3n) is 9.21. The van der Waals surface area contributed by atoms with Crippen LogP contribution in [0.2, 0.25) is 0 Å². The third-order valence-corrected chi connectivity index (χ3v) is 9.21. The highest BCUT2D eigenvalue weighted by Crippen LogP contribution is 2.40. The standard InChI is InChI=1S/C42H30N3/c1-2-9-35(10-3-1)45-41-25-30(34-24-33(26-44-27-34)28-19-21-43-22-20-28)13-17-39(41)40-18-15-32-23-31(14-16-38(32)42(40)45)37-12-6-8-29-7-4-5-11-36(29)37/h1-21,23-26,43H,22,27H2/q-1. The fraction of sp³-hybridized carbons (Fsp3) is 0.0476. The van der Waals surface area contributed by atoms with Crippen LogP contribution in [0.1, 0.15) is 5.56 Å². The number of benzene rings is 6. The van der Waals surface area contributed by atoms with E-state index in [-0.39, 0.29) is 0 Å². The predicted octanol–water partition coefficient (Wildman–Crippen LogP) is 10.5. The molecule has 2 aliphatic heterocycles. The lowest BCUT2D eigenvalue weighted by atomic mass is 9.95. The number of fused-ring (bicyclic) bond motifs is 6. The molecule has 1 aromatic heterocycles. The number of aromatic nitrogens is 1. The Labute approximate surface area is 262 Å². The zero-order valence-electron chi connectivity index (χ0n) is 24.7. The molecule has 3 nitrogen and oxygen atoms in total. The minimum absolute atomic E-state index is 0.676. The second-order valence-corrected chi connectivity index (χ2v) is 11.8. The maximum absolute atomic E-state index is 4.76. The van der Waals surface area contributed by atoms with E-state index in [1.807, 2.05) is 12.4 Å². The topological polar surface area (TPSA) is 31.1 Å². The van der Waals surface area contributed by atoms with Crippen molar-refractivity contribution < 1.29 is 0 Å². The van der Waals surface area contributed by atoms with E-state index in [1.54, 1.807) is 0 Å². The molecular formula is C42H30N3-. The normalized spacial score (nSPS) is 14.7. The van der Waals surface area contributed by atoms with Crippen LogP contribution in [0.25, 0.3) is 71.1 Å². The number of dihydropyridines is 1. The molecule has 214 valence electrons. The molecule has 0 saturated carbocycles. The van der Waals surface area contributed by atoms with Crippen LogP contribution in [-0.2, 0) is 0 Å². The Morgan fingerprint density at radius 1 is 0.622 bits per heavy atom. The third kappa shape index (κ3) is 4.28. The van der Waals surface area contributed by atoms with Gasteiger partial charge in [0.15, 0.2) is 0 Å². The molecule has 0 atom stereocenters. The van der Waals surface area contributed by atoms with Crippen LogP contribution < -0.4 is 5.32 Å². The summed E-state index contributed by atoms with van der Waals surface area (Å²) in [6.45, 7) is 1.52. The summed E-state index contributed by atoms with van der Waals surface area (Å²) in [6.07, 6.45) is 10.7. The number of nitrogens with zero attached hydrogens (tertiary/aromatic N) is 2. The second kappa shape index (κ2) is 10.4. The monoisotopic (exact) mass is 576 g/mol.